The molecule has 1 saturated heterocycles. The molecule has 1 amide bonds. The zero-order valence-corrected chi connectivity index (χ0v) is 11.2. The van der Waals surface area contributed by atoms with Crippen molar-refractivity contribution in [2.45, 2.75) is 32.3 Å². The molecule has 2 N–H and O–H groups in total. The second-order valence-corrected chi connectivity index (χ2v) is 5.32. The van der Waals surface area contributed by atoms with Crippen LogP contribution in [0.4, 0.5) is 11.4 Å². The molecule has 102 valence electrons. The van der Waals surface area contributed by atoms with E-state index in [-0.39, 0.29) is 17.9 Å². The molecule has 2 aliphatic rings. The lowest BCUT2D eigenvalue weighted by Gasteiger charge is -2.22. The molecule has 0 saturated carbocycles. The number of carbonyl (C=O) groups excluding carboxylic acids is 1. The molecule has 1 aromatic carbocycles. The highest BCUT2D eigenvalue weighted by atomic mass is 16.5. The molecular formula is C15H20N2O2. The summed E-state index contributed by atoms with van der Waals surface area (Å²) in [5, 5.41) is 6.46. The van der Waals surface area contributed by atoms with Gasteiger partial charge < -0.3 is 15.4 Å². The van der Waals surface area contributed by atoms with Gasteiger partial charge in [0.2, 0.25) is 5.91 Å². The van der Waals surface area contributed by atoms with Crippen molar-refractivity contribution in [3.8, 4) is 0 Å². The molecule has 1 aromatic rings. The fraction of sp³-hybridized carbons (Fsp3) is 0.533. The van der Waals surface area contributed by atoms with Gasteiger partial charge in [0.05, 0.1) is 12.0 Å². The summed E-state index contributed by atoms with van der Waals surface area (Å²) in [5.74, 6) is 0.0661. The van der Waals surface area contributed by atoms with Crippen LogP contribution in [0, 0.1) is 5.92 Å². The van der Waals surface area contributed by atoms with Crippen LogP contribution in [0.5, 0.6) is 0 Å². The zero-order chi connectivity index (χ0) is 13.2. The third-order valence-corrected chi connectivity index (χ3v) is 4.07. The van der Waals surface area contributed by atoms with E-state index in [1.54, 1.807) is 0 Å². The van der Waals surface area contributed by atoms with Crippen molar-refractivity contribution in [2.24, 2.45) is 5.92 Å². The first-order valence-corrected chi connectivity index (χ1v) is 7.04. The maximum Gasteiger partial charge on any atom is 0.230 e. The SMILES string of the molecule is CC1OCCC1C(=O)Nc1cccc2c1CCCN2. The summed E-state index contributed by atoms with van der Waals surface area (Å²) in [6.07, 6.45) is 2.98. The first-order valence-electron chi connectivity index (χ1n) is 7.04. The van der Waals surface area contributed by atoms with Crippen molar-refractivity contribution in [3.63, 3.8) is 0 Å². The molecule has 2 heterocycles. The molecule has 3 rings (SSSR count). The average molecular weight is 260 g/mol. The van der Waals surface area contributed by atoms with Gasteiger partial charge in [0, 0.05) is 24.5 Å². The minimum absolute atomic E-state index is 0.0209. The van der Waals surface area contributed by atoms with E-state index < -0.39 is 0 Å². The van der Waals surface area contributed by atoms with Gasteiger partial charge in [-0.05, 0) is 43.9 Å². The van der Waals surface area contributed by atoms with E-state index in [0.29, 0.717) is 6.61 Å². The largest absolute Gasteiger partial charge is 0.385 e. The van der Waals surface area contributed by atoms with Gasteiger partial charge in [0.15, 0.2) is 0 Å². The summed E-state index contributed by atoms with van der Waals surface area (Å²) >= 11 is 0. The van der Waals surface area contributed by atoms with Crippen molar-refractivity contribution in [1.82, 2.24) is 0 Å². The van der Waals surface area contributed by atoms with Crippen molar-refractivity contribution in [1.29, 1.82) is 0 Å². The Hall–Kier alpha value is -1.55. The van der Waals surface area contributed by atoms with E-state index in [4.69, 9.17) is 4.74 Å². The predicted octanol–water partition coefficient (Wildman–Crippen LogP) is 2.41. The third kappa shape index (κ3) is 2.45. The number of hydrogen-bond acceptors (Lipinski definition) is 3. The summed E-state index contributed by atoms with van der Waals surface area (Å²) in [4.78, 5) is 12.3. The van der Waals surface area contributed by atoms with E-state index in [1.807, 2.05) is 19.1 Å². The molecule has 4 heteroatoms. The number of nitrogens with one attached hydrogen (secondary N) is 2. The van der Waals surface area contributed by atoms with Gasteiger partial charge >= 0.3 is 0 Å². The van der Waals surface area contributed by atoms with Gasteiger partial charge in [-0.1, -0.05) is 6.07 Å². The van der Waals surface area contributed by atoms with E-state index >= 15 is 0 Å². The lowest BCUT2D eigenvalue weighted by molar-refractivity contribution is -0.121. The number of ether oxygens (including phenoxy) is 1. The van der Waals surface area contributed by atoms with Crippen LogP contribution in [0.15, 0.2) is 18.2 Å². The van der Waals surface area contributed by atoms with Crippen LogP contribution in [0.25, 0.3) is 0 Å². The highest BCUT2D eigenvalue weighted by Gasteiger charge is 2.31. The van der Waals surface area contributed by atoms with Crippen LogP contribution >= 0.6 is 0 Å². The van der Waals surface area contributed by atoms with E-state index in [9.17, 15) is 4.79 Å². The van der Waals surface area contributed by atoms with E-state index in [1.165, 1.54) is 5.56 Å². The fourth-order valence-corrected chi connectivity index (χ4v) is 2.93. The highest BCUT2D eigenvalue weighted by molar-refractivity contribution is 5.94. The number of benzene rings is 1. The number of rotatable bonds is 2. The lowest BCUT2D eigenvalue weighted by Crippen LogP contribution is -2.28. The topological polar surface area (TPSA) is 50.4 Å². The standard InChI is InChI=1S/C15H20N2O2/c1-10-11(7-9-19-10)15(18)17-14-6-2-5-13-12(14)4-3-8-16-13/h2,5-6,10-11,16H,3-4,7-9H2,1H3,(H,17,18). The van der Waals surface area contributed by atoms with Crippen molar-refractivity contribution in [2.75, 3.05) is 23.8 Å². The second-order valence-electron chi connectivity index (χ2n) is 5.32. The number of amides is 1. The van der Waals surface area contributed by atoms with Crippen molar-refractivity contribution in [3.05, 3.63) is 23.8 Å². The quantitative estimate of drug-likeness (QED) is 0.858. The van der Waals surface area contributed by atoms with Gasteiger partial charge in [-0.3, -0.25) is 4.79 Å². The Morgan fingerprint density at radius 3 is 3.16 bits per heavy atom. The normalized spacial score (nSPS) is 25.5. The van der Waals surface area contributed by atoms with E-state index in [0.717, 1.165) is 37.2 Å². The van der Waals surface area contributed by atoms with Crippen molar-refractivity contribution >= 4 is 17.3 Å². The Kier molecular flexibility index (Phi) is 3.42. The molecule has 4 nitrogen and oxygen atoms in total. The Bertz CT molecular complexity index is 487. The molecule has 0 spiro atoms. The molecule has 0 aromatic heterocycles. The van der Waals surface area contributed by atoms with Crippen LogP contribution in [0.2, 0.25) is 0 Å². The Balaban J connectivity index is 1.78. The molecule has 2 atom stereocenters. The maximum atomic E-state index is 12.3. The van der Waals surface area contributed by atoms with Gasteiger partial charge in [-0.15, -0.1) is 0 Å². The molecule has 0 bridgehead atoms. The highest BCUT2D eigenvalue weighted by Crippen LogP contribution is 2.30. The Morgan fingerprint density at radius 1 is 1.47 bits per heavy atom. The molecule has 0 radical (unpaired) electrons. The van der Waals surface area contributed by atoms with Gasteiger partial charge in [-0.2, -0.15) is 0 Å². The smallest absolute Gasteiger partial charge is 0.230 e. The zero-order valence-electron chi connectivity index (χ0n) is 11.2. The summed E-state index contributed by atoms with van der Waals surface area (Å²) in [5.41, 5.74) is 3.34. The minimum Gasteiger partial charge on any atom is -0.385 e. The molecule has 19 heavy (non-hydrogen) atoms. The predicted molar refractivity (Wildman–Crippen MR) is 75.4 cm³/mol. The van der Waals surface area contributed by atoms with Crippen LogP contribution < -0.4 is 10.6 Å². The van der Waals surface area contributed by atoms with Crippen LogP contribution in [-0.2, 0) is 16.0 Å². The summed E-state index contributed by atoms with van der Waals surface area (Å²) in [6.45, 7) is 3.67. The maximum absolute atomic E-state index is 12.3. The fourth-order valence-electron chi connectivity index (χ4n) is 2.93. The van der Waals surface area contributed by atoms with Gasteiger partial charge in [0.25, 0.3) is 0 Å². The number of fused-ring (bicyclic) bond motifs is 1. The van der Waals surface area contributed by atoms with Crippen molar-refractivity contribution < 1.29 is 9.53 Å². The molecule has 2 aliphatic heterocycles. The first kappa shape index (κ1) is 12.5. The van der Waals surface area contributed by atoms with Crippen LogP contribution in [0.3, 0.4) is 0 Å². The number of hydrogen-bond donors (Lipinski definition) is 2. The monoisotopic (exact) mass is 260 g/mol. The third-order valence-electron chi connectivity index (χ3n) is 4.07. The molecule has 1 fully saturated rings. The lowest BCUT2D eigenvalue weighted by atomic mass is 9.99. The summed E-state index contributed by atoms with van der Waals surface area (Å²) in [6, 6.07) is 6.05. The second kappa shape index (κ2) is 5.21. The van der Waals surface area contributed by atoms with Crippen LogP contribution in [-0.4, -0.2) is 25.2 Å². The first-order chi connectivity index (χ1) is 9.25. The number of carbonyl (C=O) groups is 1. The average Bonchev–Trinajstić information content (AvgIpc) is 2.85. The summed E-state index contributed by atoms with van der Waals surface area (Å²) < 4.78 is 5.46. The summed E-state index contributed by atoms with van der Waals surface area (Å²) in [7, 11) is 0. The molecule has 2 unspecified atom stereocenters. The number of anilines is 2. The molecule has 0 aliphatic carbocycles. The Labute approximate surface area is 113 Å². The van der Waals surface area contributed by atoms with Crippen LogP contribution in [0.1, 0.15) is 25.3 Å². The van der Waals surface area contributed by atoms with Gasteiger partial charge in [0.1, 0.15) is 0 Å². The minimum atomic E-state index is -0.0209. The molecular weight excluding hydrogens is 240 g/mol. The van der Waals surface area contributed by atoms with Gasteiger partial charge in [-0.25, -0.2) is 0 Å². The Morgan fingerprint density at radius 2 is 2.37 bits per heavy atom. The van der Waals surface area contributed by atoms with E-state index in [2.05, 4.69) is 16.7 Å².